The minimum Gasteiger partial charge on any atom is -0.483 e. The van der Waals surface area contributed by atoms with E-state index < -0.39 is 0 Å². The molecule has 1 atom stereocenters. The van der Waals surface area contributed by atoms with Gasteiger partial charge >= 0.3 is 0 Å². The van der Waals surface area contributed by atoms with E-state index in [1.807, 2.05) is 39.1 Å². The van der Waals surface area contributed by atoms with Crippen LogP contribution in [-0.2, 0) is 16.1 Å². The largest absolute Gasteiger partial charge is 0.483 e. The minimum atomic E-state index is -0.145. The van der Waals surface area contributed by atoms with Crippen molar-refractivity contribution in [1.82, 2.24) is 10.6 Å². The quantitative estimate of drug-likeness (QED) is 0.752. The predicted molar refractivity (Wildman–Crippen MR) is 78.9 cm³/mol. The summed E-state index contributed by atoms with van der Waals surface area (Å²) in [5.41, 5.74) is 2.07. The summed E-state index contributed by atoms with van der Waals surface area (Å²) in [6.07, 6.45) is 0. The van der Waals surface area contributed by atoms with Crippen LogP contribution in [0.1, 0.15) is 18.1 Å². The number of ether oxygens (including phenoxy) is 2. The number of para-hydroxylation sites is 1. The molecule has 5 nitrogen and oxygen atoms in total. The Bertz CT molecular complexity index is 435. The zero-order chi connectivity index (χ0) is 15.0. The van der Waals surface area contributed by atoms with Gasteiger partial charge in [0.05, 0.1) is 6.61 Å². The Morgan fingerprint density at radius 1 is 1.40 bits per heavy atom. The molecule has 0 aliphatic rings. The number of rotatable bonds is 8. The van der Waals surface area contributed by atoms with Gasteiger partial charge in [0.1, 0.15) is 5.75 Å². The van der Waals surface area contributed by atoms with Gasteiger partial charge in [-0.1, -0.05) is 18.2 Å². The standard InChI is InChI=1S/C15H24N2O3/c1-11-6-5-7-13(8-16-3)15(11)20-10-14(18)17-12(2)9-19-4/h5-7,12,16H,8-10H2,1-4H3,(H,17,18). The van der Waals surface area contributed by atoms with Gasteiger partial charge in [-0.15, -0.1) is 0 Å². The second-order valence-corrected chi connectivity index (χ2v) is 4.81. The maximum Gasteiger partial charge on any atom is 0.258 e. The summed E-state index contributed by atoms with van der Waals surface area (Å²) in [4.78, 5) is 11.8. The van der Waals surface area contributed by atoms with Crippen LogP contribution in [0.25, 0.3) is 0 Å². The number of methoxy groups -OCH3 is 1. The van der Waals surface area contributed by atoms with Crippen molar-refractivity contribution in [3.05, 3.63) is 29.3 Å². The highest BCUT2D eigenvalue weighted by Gasteiger charge is 2.11. The summed E-state index contributed by atoms with van der Waals surface area (Å²) < 4.78 is 10.6. The smallest absolute Gasteiger partial charge is 0.258 e. The van der Waals surface area contributed by atoms with Crippen LogP contribution < -0.4 is 15.4 Å². The van der Waals surface area contributed by atoms with Gasteiger partial charge in [0.25, 0.3) is 5.91 Å². The van der Waals surface area contributed by atoms with Gasteiger partial charge in [-0.25, -0.2) is 0 Å². The Morgan fingerprint density at radius 2 is 2.15 bits per heavy atom. The normalized spacial score (nSPS) is 12.0. The molecule has 5 heteroatoms. The van der Waals surface area contributed by atoms with Gasteiger partial charge in [0.2, 0.25) is 0 Å². The lowest BCUT2D eigenvalue weighted by Crippen LogP contribution is -2.38. The van der Waals surface area contributed by atoms with Crippen molar-refractivity contribution in [1.29, 1.82) is 0 Å². The van der Waals surface area contributed by atoms with Gasteiger partial charge in [-0.3, -0.25) is 4.79 Å². The molecule has 1 aromatic rings. The van der Waals surface area contributed by atoms with E-state index in [0.29, 0.717) is 13.2 Å². The second kappa shape index (κ2) is 8.55. The van der Waals surface area contributed by atoms with E-state index in [1.54, 1.807) is 7.11 Å². The minimum absolute atomic E-state index is 0.00955. The van der Waals surface area contributed by atoms with Crippen LogP contribution in [0.15, 0.2) is 18.2 Å². The monoisotopic (exact) mass is 280 g/mol. The molecule has 0 saturated heterocycles. The van der Waals surface area contributed by atoms with Crippen LogP contribution in [0.2, 0.25) is 0 Å². The number of carbonyl (C=O) groups excluding carboxylic acids is 1. The first-order valence-electron chi connectivity index (χ1n) is 6.72. The maximum absolute atomic E-state index is 11.8. The van der Waals surface area contributed by atoms with Gasteiger partial charge < -0.3 is 20.1 Å². The lowest BCUT2D eigenvalue weighted by Gasteiger charge is -2.16. The number of aryl methyl sites for hydroxylation is 1. The van der Waals surface area contributed by atoms with E-state index in [1.165, 1.54) is 0 Å². The van der Waals surface area contributed by atoms with E-state index in [4.69, 9.17) is 9.47 Å². The van der Waals surface area contributed by atoms with Crippen LogP contribution in [0, 0.1) is 6.92 Å². The summed E-state index contributed by atoms with van der Waals surface area (Å²) in [7, 11) is 3.49. The summed E-state index contributed by atoms with van der Waals surface area (Å²) in [6, 6.07) is 5.92. The second-order valence-electron chi connectivity index (χ2n) is 4.81. The average molecular weight is 280 g/mol. The third-order valence-electron chi connectivity index (χ3n) is 2.83. The van der Waals surface area contributed by atoms with Crippen LogP contribution in [-0.4, -0.2) is 39.3 Å². The maximum atomic E-state index is 11.8. The molecule has 112 valence electrons. The van der Waals surface area contributed by atoms with Crippen molar-refractivity contribution in [2.45, 2.75) is 26.4 Å². The van der Waals surface area contributed by atoms with E-state index in [9.17, 15) is 4.79 Å². The van der Waals surface area contributed by atoms with Crippen LogP contribution in [0.3, 0.4) is 0 Å². The molecule has 0 spiro atoms. The highest BCUT2D eigenvalue weighted by Crippen LogP contribution is 2.23. The molecule has 0 aromatic heterocycles. The molecule has 0 aliphatic heterocycles. The van der Waals surface area contributed by atoms with E-state index in [2.05, 4.69) is 10.6 Å². The molecular weight excluding hydrogens is 256 g/mol. The number of benzene rings is 1. The average Bonchev–Trinajstić information content (AvgIpc) is 2.38. The number of carbonyl (C=O) groups is 1. The van der Waals surface area contributed by atoms with Gasteiger partial charge in [0.15, 0.2) is 6.61 Å². The number of nitrogens with one attached hydrogen (secondary N) is 2. The van der Waals surface area contributed by atoms with Crippen molar-refractivity contribution >= 4 is 5.91 Å². The third-order valence-corrected chi connectivity index (χ3v) is 2.83. The number of amides is 1. The zero-order valence-corrected chi connectivity index (χ0v) is 12.7. The molecule has 0 saturated carbocycles. The van der Waals surface area contributed by atoms with Crippen molar-refractivity contribution in [2.75, 3.05) is 27.4 Å². The zero-order valence-electron chi connectivity index (χ0n) is 12.7. The Balaban J connectivity index is 2.58. The Labute approximate surface area is 120 Å². The topological polar surface area (TPSA) is 59.6 Å². The van der Waals surface area contributed by atoms with E-state index in [0.717, 1.165) is 16.9 Å². The summed E-state index contributed by atoms with van der Waals surface area (Å²) in [6.45, 7) is 5.07. The fraction of sp³-hybridized carbons (Fsp3) is 0.533. The van der Waals surface area contributed by atoms with Crippen LogP contribution >= 0.6 is 0 Å². The molecular formula is C15H24N2O3. The molecule has 1 rings (SSSR count). The van der Waals surface area contributed by atoms with Crippen molar-refractivity contribution < 1.29 is 14.3 Å². The predicted octanol–water partition coefficient (Wildman–Crippen LogP) is 1.24. The molecule has 0 aliphatic carbocycles. The number of hydrogen-bond acceptors (Lipinski definition) is 4. The Morgan fingerprint density at radius 3 is 2.80 bits per heavy atom. The van der Waals surface area contributed by atoms with Crippen molar-refractivity contribution in [3.8, 4) is 5.75 Å². The molecule has 0 bridgehead atoms. The van der Waals surface area contributed by atoms with E-state index in [-0.39, 0.29) is 18.6 Å². The highest BCUT2D eigenvalue weighted by atomic mass is 16.5. The van der Waals surface area contributed by atoms with Gasteiger partial charge in [-0.2, -0.15) is 0 Å². The lowest BCUT2D eigenvalue weighted by molar-refractivity contribution is -0.124. The highest BCUT2D eigenvalue weighted by molar-refractivity contribution is 5.77. The summed E-state index contributed by atoms with van der Waals surface area (Å²) >= 11 is 0. The molecule has 1 aromatic carbocycles. The molecule has 0 heterocycles. The molecule has 1 unspecified atom stereocenters. The van der Waals surface area contributed by atoms with Crippen LogP contribution in [0.4, 0.5) is 0 Å². The summed E-state index contributed by atoms with van der Waals surface area (Å²) in [5.74, 6) is 0.629. The molecule has 0 fully saturated rings. The first-order chi connectivity index (χ1) is 9.58. The molecule has 20 heavy (non-hydrogen) atoms. The van der Waals surface area contributed by atoms with Crippen molar-refractivity contribution in [3.63, 3.8) is 0 Å². The third kappa shape index (κ3) is 5.19. The lowest BCUT2D eigenvalue weighted by atomic mass is 10.1. The first kappa shape index (κ1) is 16.5. The fourth-order valence-corrected chi connectivity index (χ4v) is 2.00. The molecule has 2 N–H and O–H groups in total. The Hall–Kier alpha value is -1.59. The SMILES string of the molecule is CNCc1cccc(C)c1OCC(=O)NC(C)COC. The van der Waals surface area contributed by atoms with Gasteiger partial charge in [0, 0.05) is 25.3 Å². The van der Waals surface area contributed by atoms with Crippen LogP contribution in [0.5, 0.6) is 5.75 Å². The molecule has 0 radical (unpaired) electrons. The first-order valence-corrected chi connectivity index (χ1v) is 6.72. The Kier molecular flexibility index (Phi) is 7.04. The van der Waals surface area contributed by atoms with Crippen molar-refractivity contribution in [2.24, 2.45) is 0 Å². The summed E-state index contributed by atoms with van der Waals surface area (Å²) in [5, 5.41) is 5.91. The number of hydrogen-bond donors (Lipinski definition) is 2. The fourth-order valence-electron chi connectivity index (χ4n) is 2.00. The molecule has 1 amide bonds. The van der Waals surface area contributed by atoms with E-state index >= 15 is 0 Å². The van der Waals surface area contributed by atoms with Gasteiger partial charge in [-0.05, 0) is 26.5 Å².